The number of carbonyl (C=O) groups excluding carboxylic acids is 1. The van der Waals surface area contributed by atoms with Crippen LogP contribution in [0.1, 0.15) is 30.4 Å². The lowest BCUT2D eigenvalue weighted by Crippen LogP contribution is -2.43. The van der Waals surface area contributed by atoms with E-state index in [9.17, 15) is 14.7 Å². The van der Waals surface area contributed by atoms with Crippen molar-refractivity contribution >= 4 is 11.9 Å². The van der Waals surface area contributed by atoms with Crippen molar-refractivity contribution in [3.05, 3.63) is 35.4 Å². The number of likely N-dealkylation sites (tertiary alicyclic amines) is 1. The lowest BCUT2D eigenvalue weighted by molar-refractivity contribution is -0.151. The molecule has 1 atom stereocenters. The summed E-state index contributed by atoms with van der Waals surface area (Å²) in [4.78, 5) is 26.4. The van der Waals surface area contributed by atoms with E-state index in [1.54, 1.807) is 4.90 Å². The maximum atomic E-state index is 13.0. The van der Waals surface area contributed by atoms with Crippen LogP contribution in [0.25, 0.3) is 0 Å². The van der Waals surface area contributed by atoms with Crippen molar-refractivity contribution in [1.29, 1.82) is 0 Å². The van der Waals surface area contributed by atoms with E-state index in [2.05, 4.69) is 6.07 Å². The van der Waals surface area contributed by atoms with Gasteiger partial charge in [0.05, 0.1) is 12.0 Å². The number of hydrogen-bond donors (Lipinski definition) is 1. The number of hydrogen-bond acceptors (Lipinski definition) is 3. The van der Waals surface area contributed by atoms with Crippen molar-refractivity contribution in [2.24, 2.45) is 5.41 Å². The Balaban J connectivity index is 1.81. The molecule has 0 spiro atoms. The average Bonchev–Trinajstić information content (AvgIpc) is 3.22. The largest absolute Gasteiger partial charge is 0.481 e. The summed E-state index contributed by atoms with van der Waals surface area (Å²) >= 11 is 0. The number of aliphatic carboxylic acids is 1. The summed E-state index contributed by atoms with van der Waals surface area (Å²) in [5, 5.41) is 9.55. The molecular weight excluding hydrogens is 294 g/mol. The second-order valence-electron chi connectivity index (χ2n) is 6.95. The smallest absolute Gasteiger partial charge is 0.313 e. The number of carboxylic acids is 1. The van der Waals surface area contributed by atoms with E-state index < -0.39 is 16.8 Å². The highest BCUT2D eigenvalue weighted by Crippen LogP contribution is 2.50. The highest BCUT2D eigenvalue weighted by molar-refractivity contribution is 5.92. The van der Waals surface area contributed by atoms with Gasteiger partial charge in [-0.1, -0.05) is 29.8 Å². The van der Waals surface area contributed by atoms with Gasteiger partial charge in [-0.3, -0.25) is 9.59 Å². The van der Waals surface area contributed by atoms with Crippen molar-refractivity contribution < 1.29 is 19.4 Å². The van der Waals surface area contributed by atoms with Crippen LogP contribution < -0.4 is 0 Å². The Morgan fingerprint density at radius 1 is 1.30 bits per heavy atom. The van der Waals surface area contributed by atoms with Crippen LogP contribution in [-0.4, -0.2) is 48.7 Å². The van der Waals surface area contributed by atoms with E-state index in [1.807, 2.05) is 25.1 Å². The molecule has 1 amide bonds. The molecule has 1 N–H and O–H groups in total. The van der Waals surface area contributed by atoms with Gasteiger partial charge in [0, 0.05) is 20.2 Å². The van der Waals surface area contributed by atoms with Crippen LogP contribution in [0.5, 0.6) is 0 Å². The Labute approximate surface area is 136 Å². The Morgan fingerprint density at radius 2 is 2.04 bits per heavy atom. The summed E-state index contributed by atoms with van der Waals surface area (Å²) in [7, 11) is 1.50. The first-order valence-corrected chi connectivity index (χ1v) is 8.02. The predicted octanol–water partition coefficient (Wildman–Crippen LogP) is 1.98. The van der Waals surface area contributed by atoms with Crippen LogP contribution in [-0.2, 0) is 19.7 Å². The minimum Gasteiger partial charge on any atom is -0.481 e. The average molecular weight is 317 g/mol. The molecule has 5 nitrogen and oxygen atoms in total. The molecule has 124 valence electrons. The highest BCUT2D eigenvalue weighted by atomic mass is 16.5. The molecule has 1 aromatic carbocycles. The molecule has 1 saturated carbocycles. The molecule has 1 aliphatic heterocycles. The molecule has 2 aliphatic rings. The zero-order valence-corrected chi connectivity index (χ0v) is 13.7. The lowest BCUT2D eigenvalue weighted by Gasteiger charge is -2.27. The Hall–Kier alpha value is -1.88. The summed E-state index contributed by atoms with van der Waals surface area (Å²) < 4.78 is 5.10. The maximum Gasteiger partial charge on any atom is 0.313 e. The summed E-state index contributed by atoms with van der Waals surface area (Å²) in [5.41, 5.74) is 0.796. The number of benzene rings is 1. The number of rotatable bonds is 5. The third-order valence-electron chi connectivity index (χ3n) is 5.25. The second kappa shape index (κ2) is 5.64. The Bertz CT molecular complexity index is 638. The predicted molar refractivity (Wildman–Crippen MR) is 85.2 cm³/mol. The Morgan fingerprint density at radius 3 is 2.61 bits per heavy atom. The van der Waals surface area contributed by atoms with Crippen LogP contribution in [0.4, 0.5) is 0 Å². The van der Waals surface area contributed by atoms with Gasteiger partial charge in [0.1, 0.15) is 5.41 Å². The number of ether oxygens (including phenoxy) is 1. The van der Waals surface area contributed by atoms with E-state index in [0.29, 0.717) is 13.0 Å². The van der Waals surface area contributed by atoms with E-state index in [1.165, 1.54) is 7.11 Å². The fourth-order valence-electron chi connectivity index (χ4n) is 3.67. The van der Waals surface area contributed by atoms with Gasteiger partial charge < -0.3 is 14.7 Å². The minimum atomic E-state index is -0.965. The van der Waals surface area contributed by atoms with Crippen molar-refractivity contribution in [3.63, 3.8) is 0 Å². The highest BCUT2D eigenvalue weighted by Gasteiger charge is 2.56. The van der Waals surface area contributed by atoms with Crippen molar-refractivity contribution in [2.75, 3.05) is 26.8 Å². The van der Waals surface area contributed by atoms with Crippen molar-refractivity contribution in [2.45, 2.75) is 31.6 Å². The van der Waals surface area contributed by atoms with Gasteiger partial charge >= 0.3 is 5.97 Å². The molecule has 1 aliphatic carbocycles. The number of aryl methyl sites for hydroxylation is 1. The van der Waals surface area contributed by atoms with Gasteiger partial charge in [-0.25, -0.2) is 0 Å². The molecule has 23 heavy (non-hydrogen) atoms. The van der Waals surface area contributed by atoms with Gasteiger partial charge in [0.2, 0.25) is 5.91 Å². The van der Waals surface area contributed by atoms with Crippen LogP contribution in [0.3, 0.4) is 0 Å². The monoisotopic (exact) mass is 317 g/mol. The molecular formula is C18H23NO4. The summed E-state index contributed by atoms with van der Waals surface area (Å²) in [6.45, 7) is 2.89. The van der Waals surface area contributed by atoms with Crippen LogP contribution in [0.15, 0.2) is 24.3 Å². The molecule has 1 heterocycles. The summed E-state index contributed by atoms with van der Waals surface area (Å²) in [6.07, 6.45) is 2.14. The van der Waals surface area contributed by atoms with Gasteiger partial charge in [-0.15, -0.1) is 0 Å². The van der Waals surface area contributed by atoms with Crippen molar-refractivity contribution in [1.82, 2.24) is 4.90 Å². The van der Waals surface area contributed by atoms with Crippen LogP contribution >= 0.6 is 0 Å². The van der Waals surface area contributed by atoms with Crippen LogP contribution in [0, 0.1) is 12.3 Å². The molecule has 1 saturated heterocycles. The van der Waals surface area contributed by atoms with Crippen LogP contribution in [0.2, 0.25) is 0 Å². The van der Waals surface area contributed by atoms with E-state index in [-0.39, 0.29) is 19.1 Å². The number of carboxylic acid groups (broad SMARTS) is 1. The van der Waals surface area contributed by atoms with E-state index in [0.717, 1.165) is 24.0 Å². The number of nitrogens with zero attached hydrogens (tertiary/aromatic N) is 1. The molecule has 2 fully saturated rings. The maximum absolute atomic E-state index is 13.0. The molecule has 0 bridgehead atoms. The molecule has 0 radical (unpaired) electrons. The lowest BCUT2D eigenvalue weighted by atomic mass is 9.88. The molecule has 3 rings (SSSR count). The zero-order chi connectivity index (χ0) is 16.7. The third-order valence-corrected chi connectivity index (χ3v) is 5.25. The van der Waals surface area contributed by atoms with Crippen molar-refractivity contribution in [3.8, 4) is 0 Å². The summed E-state index contributed by atoms with van der Waals surface area (Å²) in [5.74, 6) is -0.808. The Kier molecular flexibility index (Phi) is 3.92. The third kappa shape index (κ3) is 2.63. The van der Waals surface area contributed by atoms with Gasteiger partial charge in [0.25, 0.3) is 0 Å². The first-order valence-electron chi connectivity index (χ1n) is 8.02. The molecule has 5 heteroatoms. The van der Waals surface area contributed by atoms with Gasteiger partial charge in [-0.05, 0) is 31.7 Å². The quantitative estimate of drug-likeness (QED) is 0.902. The molecule has 0 aromatic heterocycles. The standard InChI is InChI=1S/C18H23NO4/c1-13-4-3-5-14(10-13)18(6-7-18)15(20)19-9-8-17(11-19,12-23-2)16(21)22/h3-5,10H,6-9,11-12H2,1-2H3,(H,21,22). The minimum absolute atomic E-state index is 0.0716. The fraction of sp³-hybridized carbons (Fsp3) is 0.556. The number of carbonyl (C=O) groups is 2. The van der Waals surface area contributed by atoms with E-state index in [4.69, 9.17) is 4.74 Å². The normalized spacial score (nSPS) is 25.4. The van der Waals surface area contributed by atoms with Gasteiger partial charge in [0.15, 0.2) is 0 Å². The topological polar surface area (TPSA) is 66.8 Å². The summed E-state index contributed by atoms with van der Waals surface area (Å²) in [6, 6.07) is 8.08. The fourth-order valence-corrected chi connectivity index (χ4v) is 3.67. The number of amides is 1. The zero-order valence-electron chi connectivity index (χ0n) is 13.7. The first-order chi connectivity index (χ1) is 10.9. The first kappa shape index (κ1) is 16.0. The SMILES string of the molecule is COCC1(C(=O)O)CCN(C(=O)C2(c3cccc(C)c3)CC2)C1. The second-order valence-corrected chi connectivity index (χ2v) is 6.95. The molecule has 1 aromatic rings. The van der Waals surface area contributed by atoms with Gasteiger partial charge in [-0.2, -0.15) is 0 Å². The van der Waals surface area contributed by atoms with E-state index >= 15 is 0 Å². The molecule has 1 unspecified atom stereocenters. The number of methoxy groups -OCH3 is 1.